The molecule has 0 saturated carbocycles. The summed E-state index contributed by atoms with van der Waals surface area (Å²) in [5.41, 5.74) is 46.4. The van der Waals surface area contributed by atoms with Crippen molar-refractivity contribution >= 4 is 246 Å². The van der Waals surface area contributed by atoms with Gasteiger partial charge < -0.3 is 42.9 Å². The second-order valence-corrected chi connectivity index (χ2v) is 34.9. The van der Waals surface area contributed by atoms with E-state index in [1.54, 1.807) is 6.20 Å². The van der Waals surface area contributed by atoms with E-state index in [0.717, 1.165) is 140 Å². The molecule has 3 aliphatic rings. The Bertz CT molecular complexity index is 4570. The number of aromatic nitrogens is 6. The number of benzene rings is 6. The zero-order chi connectivity index (χ0) is 82.4. The van der Waals surface area contributed by atoms with Crippen LogP contribution in [0.2, 0.25) is 5.28 Å². The van der Waals surface area contributed by atoms with Crippen molar-refractivity contribution in [1.82, 2.24) is 29.9 Å². The fraction of sp³-hybridized carbons (Fsp3) is 0.407. The molecule has 114 heavy (non-hydrogen) atoms. The molecule has 0 spiro atoms. The molecular formula is C86H110ClK6N11O8S2. The fourth-order valence-electron chi connectivity index (χ4n) is 12.6. The van der Waals surface area contributed by atoms with Gasteiger partial charge in [0.25, 0.3) is 0 Å². The van der Waals surface area contributed by atoms with Crippen molar-refractivity contribution in [1.29, 1.82) is 0 Å². The molecule has 2 unspecified atom stereocenters. The Morgan fingerprint density at radius 3 is 1.01 bits per heavy atom. The standard InChI is InChI=1S/C30H37N3O3S.C25H28N4O2.C15H16ClN3O.C14H21NO2S.2CH4.6K/c1-21-17-32-28(33-26(21)14-11-23-7-5-6-8-24(23)16-27(31)34)15-22-9-12-25(13-10-22)30(18-36-19-30)20-37(35)29(2,3)4;1-17-14-28-24(12-18-6-9-21(10-7-18)25(27)15-31-16-25)29-22(17)11-8-19-4-2-3-5-20(19)13-23(26)30;1-10-9-18-15(16)19-13(10)7-6-11-4-2-3-5-12(11)8-14(17)20;1-13(2,3)18(16)10-14(8-17-9-14)11-4-6-12(15)7-5-11;;;;;;;;/h5-10,12-13,17H,11,14-16,18-20H2,1-4H3,(H2,31,34);2-7,9-10,14H,8,11-13,15-16,27H2,1H3,(H2,26,30);2-5,9H,6-8H2,1H3,(H2,17,20);4-7H,8-10,15H2,1-3H3;2*1H4;;;;;;. The normalized spacial score (nSPS) is 14.3. The molecule has 582 valence electrons. The number of hydrogen-bond donors (Lipinski definition) is 5. The number of rotatable bonds is 26. The summed E-state index contributed by atoms with van der Waals surface area (Å²) >= 11 is 13.3. The van der Waals surface area contributed by atoms with Crippen molar-refractivity contribution < 1.29 is 37.0 Å². The van der Waals surface area contributed by atoms with Gasteiger partial charge in [-0.3, -0.25) is 22.8 Å². The predicted octanol–water partition coefficient (Wildman–Crippen LogP) is 9.70. The average molecular weight is 1760 g/mol. The molecule has 12 rings (SSSR count). The molecule has 28 heteroatoms. The van der Waals surface area contributed by atoms with E-state index in [9.17, 15) is 22.8 Å². The van der Waals surface area contributed by atoms with Crippen LogP contribution in [0.15, 0.2) is 164 Å². The average Bonchev–Trinajstić information content (AvgIpc) is 0.780. The molecule has 19 nitrogen and oxygen atoms in total. The number of nitrogen functional groups attached to an aromatic ring is 1. The van der Waals surface area contributed by atoms with Crippen LogP contribution in [0, 0.1) is 20.8 Å². The van der Waals surface area contributed by atoms with Crippen LogP contribution < -0.4 is 28.7 Å². The van der Waals surface area contributed by atoms with Crippen molar-refractivity contribution in [3.05, 3.63) is 276 Å². The van der Waals surface area contributed by atoms with Gasteiger partial charge in [-0.1, -0.05) is 148 Å². The molecule has 3 aromatic heterocycles. The number of aryl methyl sites for hydroxylation is 9. The van der Waals surface area contributed by atoms with Crippen LogP contribution in [-0.2, 0) is 137 Å². The zero-order valence-corrected chi connectivity index (χ0v) is 89.7. The number of nitrogens with zero attached hydrogens (tertiary/aromatic N) is 6. The van der Waals surface area contributed by atoms with Crippen molar-refractivity contribution in [2.45, 2.75) is 174 Å². The van der Waals surface area contributed by atoms with E-state index < -0.39 is 21.6 Å². The predicted molar refractivity (Wildman–Crippen MR) is 470 cm³/mol. The Morgan fingerprint density at radius 2 is 0.719 bits per heavy atom. The van der Waals surface area contributed by atoms with Gasteiger partial charge in [-0.15, -0.1) is 0 Å². The van der Waals surface area contributed by atoms with E-state index in [1.807, 2.05) is 166 Å². The van der Waals surface area contributed by atoms with E-state index in [4.69, 9.17) is 64.4 Å². The van der Waals surface area contributed by atoms with Crippen LogP contribution in [0.5, 0.6) is 0 Å². The summed E-state index contributed by atoms with van der Waals surface area (Å²) in [7, 11) is -1.81. The van der Waals surface area contributed by atoms with Crippen molar-refractivity contribution in [2.75, 3.05) is 56.9 Å². The first-order valence-corrected chi connectivity index (χ1v) is 89.9. The Morgan fingerprint density at radius 1 is 0.430 bits per heavy atom. The third-order valence-corrected chi connectivity index (χ3v) is 23.9. The number of amides is 3. The molecule has 0 radical (unpaired) electrons. The number of carbonyl (C=O) groups is 3. The molecule has 10 N–H and O–H groups in total. The first-order chi connectivity index (χ1) is 53.4. The summed E-state index contributed by atoms with van der Waals surface area (Å²) < 4.78 is 40.9. The fourth-order valence-corrected chi connectivity index (χ4v) is 15.3. The molecule has 3 aliphatic heterocycles. The third-order valence-electron chi connectivity index (χ3n) is 19.4. The maximum atomic E-state index is 12.8. The van der Waals surface area contributed by atoms with Crippen LogP contribution in [0.3, 0.4) is 0 Å². The molecule has 0 aliphatic carbocycles. The number of primary amides is 3. The Balaban J connectivity index is 0.000000322. The minimum atomic E-state index is -0.941. The number of halogens is 1. The van der Waals surface area contributed by atoms with E-state index >= 15 is 0 Å². The summed E-state index contributed by atoms with van der Waals surface area (Å²) in [6.07, 6.45) is 12.3. The minimum absolute atomic E-state index is 0. The van der Waals surface area contributed by atoms with Crippen LogP contribution >= 0.6 is 11.6 Å². The summed E-state index contributed by atoms with van der Waals surface area (Å²) in [4.78, 5) is 60.9. The van der Waals surface area contributed by atoms with Crippen molar-refractivity contribution in [2.24, 2.45) is 22.9 Å². The second-order valence-electron chi connectivity index (χ2n) is 30.1. The van der Waals surface area contributed by atoms with Gasteiger partial charge in [0.1, 0.15) is 11.6 Å². The first-order valence-electron chi connectivity index (χ1n) is 38.9. The van der Waals surface area contributed by atoms with Gasteiger partial charge in [-0.25, -0.2) is 29.9 Å². The molecule has 0 bridgehead atoms. The van der Waals surface area contributed by atoms with Crippen molar-refractivity contribution in [3.8, 4) is 0 Å². The van der Waals surface area contributed by atoms with E-state index in [0.29, 0.717) is 64.0 Å². The Kier molecular flexibility index (Phi) is 51.0. The summed E-state index contributed by atoms with van der Waals surface area (Å²) in [6, 6.07) is 48.4. The summed E-state index contributed by atoms with van der Waals surface area (Å²) in [5, 5.41) is 0.260. The van der Waals surface area contributed by atoms with Crippen LogP contribution in [-0.4, -0.2) is 306 Å². The molecule has 3 amide bonds. The number of anilines is 1. The van der Waals surface area contributed by atoms with Gasteiger partial charge in [-0.2, -0.15) is 0 Å². The van der Waals surface area contributed by atoms with E-state index in [2.05, 4.69) is 74.5 Å². The Labute approximate surface area is 823 Å². The van der Waals surface area contributed by atoms with Crippen LogP contribution in [0.1, 0.15) is 163 Å². The molecular weight excluding hydrogens is 1650 g/mol. The van der Waals surface area contributed by atoms with E-state index in [1.165, 1.54) is 201 Å². The Hall–Kier alpha value is 1.02. The van der Waals surface area contributed by atoms with Gasteiger partial charge in [0.2, 0.25) is 23.0 Å². The van der Waals surface area contributed by atoms with Gasteiger partial charge in [-0.05, 0) is 202 Å². The molecule has 6 heterocycles. The summed E-state index contributed by atoms with van der Waals surface area (Å²) in [6.45, 7) is 21.8. The SMILES string of the molecule is C.C.CC(C)(C)S(=O)CC1(c2ccc(N)cc2)COC1.Cc1cnc(Cc2ccc(C3(CS(=O)C(C)(C)C)COC3)cc2)nc1CCc1ccccc1CC(N)=O.Cc1cnc(Cc2ccc(C3(N)COC3)cc2)nc1CCc1ccccc1CC(N)=O.Cc1cnc(Cl)nc1CCc1ccccc1CC(N)=O.[K][K].[K][K].[K][K]. The first kappa shape index (κ1) is 107. The van der Waals surface area contributed by atoms with Gasteiger partial charge in [0.05, 0.1) is 75.3 Å². The number of carbonyl (C=O) groups excluding carboxylic acids is 3. The topological polar surface area (TPSA) is 320 Å². The molecule has 2 atom stereocenters. The quantitative estimate of drug-likeness (QED) is 0.0191. The van der Waals surface area contributed by atoms with Crippen molar-refractivity contribution in [3.63, 3.8) is 0 Å². The maximum absolute atomic E-state index is 12.8. The van der Waals surface area contributed by atoms with Crippen LogP contribution in [0.4, 0.5) is 5.69 Å². The summed E-state index contributed by atoms with van der Waals surface area (Å²) in [5.74, 6) is 1.89. The molecule has 6 aromatic carbocycles. The van der Waals surface area contributed by atoms with Gasteiger partial charge in [0, 0.05) is 96.8 Å². The number of ether oxygens (including phenoxy) is 3. The zero-order valence-electron chi connectivity index (χ0n) is 68.6. The molecule has 3 saturated heterocycles. The molecule has 9 aromatic rings. The second kappa shape index (κ2) is 54.1. The van der Waals surface area contributed by atoms with Crippen LogP contribution in [0.25, 0.3) is 0 Å². The number of hydrogen-bond acceptors (Lipinski definition) is 16. The molecule has 3 fully saturated rings. The van der Waals surface area contributed by atoms with Gasteiger partial charge in [0.15, 0.2) is 0 Å². The third kappa shape index (κ3) is 34.7. The van der Waals surface area contributed by atoms with Gasteiger partial charge >= 0.3 is 189 Å². The number of nitrogens with two attached hydrogens (primary N) is 5. The monoisotopic (exact) mass is 1760 g/mol. The van der Waals surface area contributed by atoms with E-state index in [-0.39, 0.29) is 83.0 Å².